The first-order valence-corrected chi connectivity index (χ1v) is 27.0. The van der Waals surface area contributed by atoms with E-state index < -0.39 is 0 Å². The summed E-state index contributed by atoms with van der Waals surface area (Å²) in [6.45, 7) is 21.4. The first kappa shape index (κ1) is 44.0. The molecule has 11 aromatic rings. The minimum atomic E-state index is -0.178. The van der Waals surface area contributed by atoms with E-state index in [1.165, 1.54) is 100 Å². The van der Waals surface area contributed by atoms with E-state index in [4.69, 9.17) is 8.83 Å². The van der Waals surface area contributed by atoms with Crippen molar-refractivity contribution in [1.82, 2.24) is 0 Å². The van der Waals surface area contributed by atoms with Gasteiger partial charge in [-0.05, 0) is 170 Å². The van der Waals surface area contributed by atoms with Gasteiger partial charge in [0.25, 0.3) is 0 Å². The molecule has 0 amide bonds. The molecule has 5 heteroatoms. The second kappa shape index (κ2) is 14.8. The number of aryl methyl sites for hydroxylation is 1. The Hall–Kier alpha value is -7.50. The van der Waals surface area contributed by atoms with Crippen molar-refractivity contribution in [1.29, 1.82) is 0 Å². The van der Waals surface area contributed by atoms with Crippen molar-refractivity contribution >= 4 is 101 Å². The van der Waals surface area contributed by atoms with Gasteiger partial charge < -0.3 is 18.5 Å². The van der Waals surface area contributed by atoms with Gasteiger partial charge in [-0.25, -0.2) is 0 Å². The van der Waals surface area contributed by atoms with E-state index in [0.29, 0.717) is 0 Å². The molecule has 4 aliphatic rings. The van der Waals surface area contributed by atoms with E-state index in [1.807, 2.05) is 0 Å². The van der Waals surface area contributed by atoms with Gasteiger partial charge in [0.05, 0.1) is 0 Å². The minimum Gasteiger partial charge on any atom is -0.456 e. The molecule has 0 saturated carbocycles. The summed E-state index contributed by atoms with van der Waals surface area (Å²) in [6, 6.07) is 60.0. The van der Waals surface area contributed by atoms with Crippen LogP contribution in [0.1, 0.15) is 109 Å². The van der Waals surface area contributed by atoms with Crippen molar-refractivity contribution in [2.75, 3.05) is 9.71 Å². The maximum Gasteiger partial charge on any atom is 0.333 e. The van der Waals surface area contributed by atoms with Crippen LogP contribution in [0.15, 0.2) is 167 Å². The number of furan rings is 2. The third-order valence-electron chi connectivity index (χ3n) is 18.6. The summed E-state index contributed by atoms with van der Waals surface area (Å²) >= 11 is 0. The molecular weight excluding hydrogens is 900 g/mol. The maximum atomic E-state index is 7.16. The highest BCUT2D eigenvalue weighted by atomic mass is 16.3. The molecule has 0 bridgehead atoms. The van der Waals surface area contributed by atoms with Crippen molar-refractivity contribution < 1.29 is 8.83 Å². The normalized spacial score (nSPS) is 17.7. The fourth-order valence-corrected chi connectivity index (χ4v) is 14.2. The minimum absolute atomic E-state index is 0.0528. The van der Waals surface area contributed by atoms with Gasteiger partial charge in [-0.2, -0.15) is 0 Å². The van der Waals surface area contributed by atoms with Gasteiger partial charge in [0.15, 0.2) is 0 Å². The lowest BCUT2D eigenvalue weighted by atomic mass is 9.43. The summed E-state index contributed by atoms with van der Waals surface area (Å²) in [6.07, 6.45) is 4.63. The van der Waals surface area contributed by atoms with Crippen LogP contribution in [0.2, 0.25) is 0 Å². The van der Waals surface area contributed by atoms with E-state index in [2.05, 4.69) is 230 Å². The van der Waals surface area contributed by atoms with E-state index >= 15 is 0 Å². The lowest BCUT2D eigenvalue weighted by Gasteiger charge is -2.46. The topological polar surface area (TPSA) is 32.8 Å². The third kappa shape index (κ3) is 6.16. The molecule has 0 fully saturated rings. The summed E-state index contributed by atoms with van der Waals surface area (Å²) < 4.78 is 14.2. The fourth-order valence-electron chi connectivity index (χ4n) is 14.2. The molecule has 0 N–H and O–H groups in total. The molecule has 2 aliphatic heterocycles. The highest BCUT2D eigenvalue weighted by molar-refractivity contribution is 6.94. The van der Waals surface area contributed by atoms with Crippen molar-refractivity contribution in [2.45, 2.75) is 110 Å². The van der Waals surface area contributed by atoms with Gasteiger partial charge in [-0.1, -0.05) is 146 Å². The van der Waals surface area contributed by atoms with Crippen LogP contribution in [0.5, 0.6) is 0 Å². The average Bonchev–Trinajstić information content (AvgIpc) is 3.94. The Morgan fingerprint density at radius 3 is 1.62 bits per heavy atom. The van der Waals surface area contributed by atoms with Crippen LogP contribution >= 0.6 is 0 Å². The highest BCUT2D eigenvalue weighted by Gasteiger charge is 2.47. The van der Waals surface area contributed by atoms with E-state index in [0.717, 1.165) is 69.4 Å². The average molecular weight is 961 g/mol. The molecule has 0 unspecified atom stereocenters. The van der Waals surface area contributed by atoms with Gasteiger partial charge in [0.2, 0.25) is 0 Å². The standard InChI is InChI=1S/C69H61BN2O2/c1-40-31-52-48-25-21-43-17-13-14-18-46(43)65(48)72(44-22-19-42(20-23-44)41-15-11-10-12-16-41)70-57-36-51-50-35-54-56(69(8,9)30-28-67(54,4)5)38-62(50)74-63(51)39-58(57)71(59(32-40)64(52)70)45-24-26-47-49-34-53-55(37-61(49)73-60(47)33-45)68(6,7)29-27-66(53,2)3/h10-26,31-39H,27-30H2,1-9H3. The van der Waals surface area contributed by atoms with E-state index in [1.54, 1.807) is 0 Å². The van der Waals surface area contributed by atoms with E-state index in [9.17, 15) is 0 Å². The molecule has 4 nitrogen and oxygen atoms in total. The zero-order chi connectivity index (χ0) is 50.4. The number of anilines is 5. The fraction of sp³-hybridized carbons (Fsp3) is 0.246. The molecule has 2 aliphatic carbocycles. The Kier molecular flexibility index (Phi) is 8.83. The molecule has 0 saturated heterocycles. The van der Waals surface area contributed by atoms with Crippen molar-refractivity contribution in [3.8, 4) is 22.3 Å². The highest BCUT2D eigenvalue weighted by Crippen LogP contribution is 2.54. The number of rotatable bonds is 3. The van der Waals surface area contributed by atoms with Gasteiger partial charge >= 0.3 is 6.85 Å². The molecule has 74 heavy (non-hydrogen) atoms. The van der Waals surface area contributed by atoms with Crippen LogP contribution in [0, 0.1) is 6.92 Å². The summed E-state index contributed by atoms with van der Waals surface area (Å²) in [5.74, 6) is 0. The molecule has 362 valence electrons. The third-order valence-corrected chi connectivity index (χ3v) is 18.6. The number of hydrogen-bond acceptors (Lipinski definition) is 4. The number of fused-ring (bicyclic) bond motifs is 14. The second-order valence-electron chi connectivity index (χ2n) is 25.1. The number of nitrogens with zero attached hydrogens (tertiary/aromatic N) is 2. The van der Waals surface area contributed by atoms with Gasteiger partial charge in [-0.3, -0.25) is 0 Å². The van der Waals surface area contributed by atoms with Gasteiger partial charge in [-0.15, -0.1) is 0 Å². The van der Waals surface area contributed by atoms with Crippen LogP contribution in [0.3, 0.4) is 0 Å². The van der Waals surface area contributed by atoms with Crippen LogP contribution in [0.4, 0.5) is 28.4 Å². The molecule has 0 radical (unpaired) electrons. The molecule has 0 atom stereocenters. The number of hydrogen-bond donors (Lipinski definition) is 0. The Bertz CT molecular complexity index is 4230. The smallest absolute Gasteiger partial charge is 0.333 e. The SMILES string of the molecule is Cc1cc2c3c(c1)N(c1ccc4c(c1)oc1cc5c(cc14)C(C)(C)CCC5(C)C)c1cc4oc5cc6c(cc5c4cc1B3N(c1ccc(-c3ccccc3)cc1)c1c-2ccc2ccccc12)C(C)(C)CCC6(C)C. The second-order valence-corrected chi connectivity index (χ2v) is 25.1. The summed E-state index contributed by atoms with van der Waals surface area (Å²) in [7, 11) is 0. The van der Waals surface area contributed by atoms with Crippen molar-refractivity contribution in [2.24, 2.45) is 0 Å². The number of benzene rings is 9. The molecule has 2 aromatic heterocycles. The zero-order valence-corrected chi connectivity index (χ0v) is 44.1. The Morgan fingerprint density at radius 1 is 0.419 bits per heavy atom. The largest absolute Gasteiger partial charge is 0.456 e. The van der Waals surface area contributed by atoms with Crippen molar-refractivity contribution in [3.05, 3.63) is 186 Å². The monoisotopic (exact) mass is 960 g/mol. The molecule has 9 aromatic carbocycles. The molecule has 0 spiro atoms. The van der Waals surface area contributed by atoms with Crippen LogP contribution in [0.25, 0.3) is 76.9 Å². The lowest BCUT2D eigenvalue weighted by Crippen LogP contribution is -2.61. The predicted molar refractivity (Wildman–Crippen MR) is 313 cm³/mol. The quantitative estimate of drug-likeness (QED) is 0.165. The zero-order valence-electron chi connectivity index (χ0n) is 44.1. The maximum absolute atomic E-state index is 7.16. The Labute approximate surface area is 434 Å². The van der Waals surface area contributed by atoms with Gasteiger partial charge in [0, 0.05) is 73.1 Å². The Balaban J connectivity index is 1.02. The summed E-state index contributed by atoms with van der Waals surface area (Å²) in [5.41, 5.74) is 24.1. The van der Waals surface area contributed by atoms with Crippen molar-refractivity contribution in [3.63, 3.8) is 0 Å². The Morgan fingerprint density at radius 2 is 0.959 bits per heavy atom. The summed E-state index contributed by atoms with van der Waals surface area (Å²) in [5, 5.41) is 7.16. The first-order valence-electron chi connectivity index (χ1n) is 27.0. The van der Waals surface area contributed by atoms with Crippen LogP contribution < -0.4 is 20.6 Å². The van der Waals surface area contributed by atoms with Crippen LogP contribution in [-0.4, -0.2) is 6.85 Å². The molecular formula is C69H61BN2O2. The van der Waals surface area contributed by atoms with Crippen LogP contribution in [-0.2, 0) is 21.7 Å². The summed E-state index contributed by atoms with van der Waals surface area (Å²) in [4.78, 5) is 5.19. The first-order chi connectivity index (χ1) is 35.5. The predicted octanol–water partition coefficient (Wildman–Crippen LogP) is 18.0. The molecule has 4 heterocycles. The lowest BCUT2D eigenvalue weighted by molar-refractivity contribution is 0.332. The van der Waals surface area contributed by atoms with Gasteiger partial charge in [0.1, 0.15) is 22.3 Å². The van der Waals surface area contributed by atoms with E-state index in [-0.39, 0.29) is 28.5 Å². The molecule has 15 rings (SSSR count).